The molecule has 1 fully saturated rings. The minimum Gasteiger partial charge on any atom is -0.448 e. The molecule has 39 heavy (non-hydrogen) atoms. The molecule has 1 saturated heterocycles. The summed E-state index contributed by atoms with van der Waals surface area (Å²) >= 11 is 0. The number of nitrogens with zero attached hydrogens (tertiary/aromatic N) is 2. The first-order chi connectivity index (χ1) is 19.0. The van der Waals surface area contributed by atoms with Crippen molar-refractivity contribution in [2.75, 3.05) is 26.3 Å². The van der Waals surface area contributed by atoms with Crippen LogP contribution in [0.15, 0.2) is 72.8 Å². The van der Waals surface area contributed by atoms with E-state index in [2.05, 4.69) is 12.1 Å². The first-order valence-corrected chi connectivity index (χ1v) is 12.9. The predicted octanol–water partition coefficient (Wildman–Crippen LogP) is 4.17. The predicted molar refractivity (Wildman–Crippen MR) is 139 cm³/mol. The number of fused-ring (bicyclic) bond motifs is 4. The van der Waals surface area contributed by atoms with Gasteiger partial charge in [-0.1, -0.05) is 65.7 Å². The molecular weight excluding hydrogens is 500 g/mol. The van der Waals surface area contributed by atoms with Gasteiger partial charge in [-0.25, -0.2) is 9.59 Å². The van der Waals surface area contributed by atoms with Gasteiger partial charge in [0, 0.05) is 12.5 Å². The number of carbonyl (C=O) groups is 4. The molecule has 3 aliphatic rings. The zero-order chi connectivity index (χ0) is 26.9. The van der Waals surface area contributed by atoms with Crippen molar-refractivity contribution in [3.8, 4) is 11.1 Å². The second kappa shape index (κ2) is 10.3. The molecule has 3 aromatic rings. The quantitative estimate of drug-likeness (QED) is 0.426. The number of ether oxygens (including phenoxy) is 2. The molecule has 1 aliphatic carbocycles. The van der Waals surface area contributed by atoms with E-state index in [1.807, 2.05) is 36.4 Å². The molecule has 0 radical (unpaired) electrons. The fourth-order valence-corrected chi connectivity index (χ4v) is 5.46. The van der Waals surface area contributed by atoms with E-state index < -0.39 is 30.4 Å². The Labute approximate surface area is 224 Å². The molecule has 9 nitrogen and oxygen atoms in total. The Morgan fingerprint density at radius 1 is 0.846 bits per heavy atom. The zero-order valence-electron chi connectivity index (χ0n) is 21.1. The van der Waals surface area contributed by atoms with Crippen molar-refractivity contribution >= 4 is 23.9 Å². The van der Waals surface area contributed by atoms with Gasteiger partial charge in [0.2, 0.25) is 0 Å². The lowest BCUT2D eigenvalue weighted by Crippen LogP contribution is -2.44. The van der Waals surface area contributed by atoms with Crippen LogP contribution in [0.3, 0.4) is 0 Å². The summed E-state index contributed by atoms with van der Waals surface area (Å²) in [7, 11) is 0. The molecule has 0 aromatic heterocycles. The van der Waals surface area contributed by atoms with Crippen LogP contribution in [-0.2, 0) is 19.1 Å². The summed E-state index contributed by atoms with van der Waals surface area (Å²) < 4.78 is 11.4. The number of hydrogen-bond acceptors (Lipinski definition) is 7. The smallest absolute Gasteiger partial charge is 0.410 e. The van der Waals surface area contributed by atoms with Crippen molar-refractivity contribution in [3.05, 3.63) is 95.1 Å². The van der Waals surface area contributed by atoms with Gasteiger partial charge in [0.05, 0.1) is 23.8 Å². The Balaban J connectivity index is 1.15. The fourth-order valence-electron chi connectivity index (χ4n) is 5.46. The molecule has 2 heterocycles. The van der Waals surface area contributed by atoms with Gasteiger partial charge in [-0.2, -0.15) is 0 Å². The van der Waals surface area contributed by atoms with Crippen LogP contribution >= 0.6 is 0 Å². The van der Waals surface area contributed by atoms with Crippen LogP contribution in [0.25, 0.3) is 11.1 Å². The molecule has 0 saturated carbocycles. The zero-order valence-corrected chi connectivity index (χ0v) is 21.1. The third-order valence-electron chi connectivity index (χ3n) is 7.31. The van der Waals surface area contributed by atoms with Crippen molar-refractivity contribution in [1.29, 1.82) is 0 Å². The molecule has 3 aromatic carbocycles. The fraction of sp³-hybridized carbons (Fsp3) is 0.267. The Bertz CT molecular complexity index is 1380. The third-order valence-corrected chi connectivity index (χ3v) is 7.31. The van der Waals surface area contributed by atoms with Crippen molar-refractivity contribution in [3.63, 3.8) is 0 Å². The van der Waals surface area contributed by atoms with E-state index >= 15 is 0 Å². The number of benzene rings is 3. The standard InChI is InChI=1S/C30H26N2O7/c33-27(39-32-28(34)24-13-5-6-14-25(24)29(32)35)17-31(16-19-8-7-15-37-19)30(36)38-18-26-22-11-3-1-9-20(22)21-10-2-4-12-23(21)26/h1-6,9-14,19,26H,7-8,15-18H2. The van der Waals surface area contributed by atoms with Crippen molar-refractivity contribution in [2.45, 2.75) is 24.9 Å². The van der Waals surface area contributed by atoms with Crippen LogP contribution < -0.4 is 0 Å². The second-order valence-electron chi connectivity index (χ2n) is 9.73. The van der Waals surface area contributed by atoms with Gasteiger partial charge in [0.15, 0.2) is 0 Å². The molecule has 2 aliphatic heterocycles. The summed E-state index contributed by atoms with van der Waals surface area (Å²) in [6.45, 7) is 0.267. The van der Waals surface area contributed by atoms with E-state index in [1.54, 1.807) is 12.1 Å². The van der Waals surface area contributed by atoms with Crippen LogP contribution in [0.2, 0.25) is 0 Å². The summed E-state index contributed by atoms with van der Waals surface area (Å²) in [6, 6.07) is 22.2. The lowest BCUT2D eigenvalue weighted by molar-refractivity contribution is -0.169. The highest BCUT2D eigenvalue weighted by Gasteiger charge is 2.39. The maximum Gasteiger partial charge on any atom is 0.410 e. The summed E-state index contributed by atoms with van der Waals surface area (Å²) in [4.78, 5) is 57.7. The highest BCUT2D eigenvalue weighted by atomic mass is 16.7. The van der Waals surface area contributed by atoms with Crippen LogP contribution in [0.5, 0.6) is 0 Å². The van der Waals surface area contributed by atoms with Crippen molar-refractivity contribution in [1.82, 2.24) is 9.96 Å². The molecule has 9 heteroatoms. The monoisotopic (exact) mass is 526 g/mol. The van der Waals surface area contributed by atoms with Gasteiger partial charge in [0.1, 0.15) is 13.2 Å². The highest BCUT2D eigenvalue weighted by Crippen LogP contribution is 2.44. The lowest BCUT2D eigenvalue weighted by atomic mass is 9.98. The summed E-state index contributed by atoms with van der Waals surface area (Å²) in [6.07, 6.45) is 0.632. The van der Waals surface area contributed by atoms with E-state index in [0.29, 0.717) is 11.7 Å². The number of carbonyl (C=O) groups excluding carboxylic acids is 4. The number of imide groups is 1. The van der Waals surface area contributed by atoms with Crippen LogP contribution in [0, 0.1) is 0 Å². The maximum absolute atomic E-state index is 13.3. The Morgan fingerprint density at radius 3 is 1.97 bits per heavy atom. The van der Waals surface area contributed by atoms with E-state index in [-0.39, 0.29) is 36.3 Å². The van der Waals surface area contributed by atoms with E-state index in [9.17, 15) is 19.2 Å². The third kappa shape index (κ3) is 4.66. The second-order valence-corrected chi connectivity index (χ2v) is 9.73. The van der Waals surface area contributed by atoms with Gasteiger partial charge in [-0.05, 0) is 47.2 Å². The number of amides is 3. The summed E-state index contributed by atoms with van der Waals surface area (Å²) in [5.41, 5.74) is 4.67. The average molecular weight is 527 g/mol. The molecule has 1 unspecified atom stereocenters. The highest BCUT2D eigenvalue weighted by molar-refractivity contribution is 6.20. The molecule has 6 rings (SSSR count). The van der Waals surface area contributed by atoms with Crippen molar-refractivity contribution in [2.24, 2.45) is 0 Å². The molecule has 3 amide bonds. The lowest BCUT2D eigenvalue weighted by Gasteiger charge is -2.25. The summed E-state index contributed by atoms with van der Waals surface area (Å²) in [5, 5.41) is 0.439. The van der Waals surface area contributed by atoms with Crippen LogP contribution in [-0.4, -0.2) is 66.2 Å². The summed E-state index contributed by atoms with van der Waals surface area (Å²) in [5.74, 6) is -2.53. The normalized spacial score (nSPS) is 17.5. The first kappa shape index (κ1) is 24.8. The van der Waals surface area contributed by atoms with Gasteiger partial charge in [-0.15, -0.1) is 0 Å². The van der Waals surface area contributed by atoms with Gasteiger partial charge < -0.3 is 14.3 Å². The molecule has 1 atom stereocenters. The largest absolute Gasteiger partial charge is 0.448 e. The maximum atomic E-state index is 13.3. The SMILES string of the molecule is O=C(CN(CC1CCCO1)C(=O)OCC1c2ccccc2-c2ccccc21)ON1C(=O)c2ccccc2C1=O. The topological polar surface area (TPSA) is 102 Å². The number of hydroxylamine groups is 2. The van der Waals surface area contributed by atoms with Gasteiger partial charge in [0.25, 0.3) is 11.8 Å². The van der Waals surface area contributed by atoms with Crippen molar-refractivity contribution < 1.29 is 33.5 Å². The van der Waals surface area contributed by atoms with E-state index in [0.717, 1.165) is 35.1 Å². The molecule has 198 valence electrons. The Hall–Kier alpha value is -4.50. The van der Waals surface area contributed by atoms with E-state index in [1.165, 1.54) is 17.0 Å². The number of rotatable bonds is 7. The minimum absolute atomic E-state index is 0.0857. The minimum atomic E-state index is -0.934. The molecular formula is C30H26N2O7. The van der Waals surface area contributed by atoms with Gasteiger partial charge >= 0.3 is 12.1 Å². The Morgan fingerprint density at radius 2 is 1.41 bits per heavy atom. The van der Waals surface area contributed by atoms with E-state index in [4.69, 9.17) is 14.3 Å². The van der Waals surface area contributed by atoms with Gasteiger partial charge in [-0.3, -0.25) is 14.5 Å². The molecule has 0 spiro atoms. The van der Waals surface area contributed by atoms with Crippen LogP contribution in [0.1, 0.15) is 50.6 Å². The average Bonchev–Trinajstić information content (AvgIpc) is 3.65. The molecule has 0 N–H and O–H groups in total. The first-order valence-electron chi connectivity index (χ1n) is 12.9. The Kier molecular flexibility index (Phi) is 6.58. The van der Waals surface area contributed by atoms with Crippen LogP contribution in [0.4, 0.5) is 4.79 Å². The number of hydrogen-bond donors (Lipinski definition) is 0. The molecule has 0 bridgehead atoms.